The van der Waals surface area contributed by atoms with Crippen LogP contribution in [-0.2, 0) is 9.53 Å². The van der Waals surface area contributed by atoms with E-state index in [9.17, 15) is 33.3 Å². The fourth-order valence-electron chi connectivity index (χ4n) is 1.49. The van der Waals surface area contributed by atoms with Gasteiger partial charge in [0.2, 0.25) is 0 Å². The van der Waals surface area contributed by atoms with Crippen molar-refractivity contribution in [2.24, 2.45) is 0 Å². The summed E-state index contributed by atoms with van der Waals surface area (Å²) >= 11 is 0. The Kier molecular flexibility index (Phi) is 4.50. The second kappa shape index (κ2) is 5.36. The average molecular weight is 275 g/mol. The van der Waals surface area contributed by atoms with Gasteiger partial charge in [0.25, 0.3) is 0 Å². The lowest BCUT2D eigenvalue weighted by molar-refractivity contribution is -0.256. The van der Waals surface area contributed by atoms with Crippen LogP contribution in [-0.4, -0.2) is 69.8 Å². The molecule has 0 spiro atoms. The smallest absolute Gasteiger partial charge is 0.394 e. The first-order valence-corrected chi connectivity index (χ1v) is 4.86. The van der Waals surface area contributed by atoms with Crippen LogP contribution in [0.5, 0.6) is 0 Å². The summed E-state index contributed by atoms with van der Waals surface area (Å²) in [5, 5.41) is 38.1. The number of aliphatic hydroxyl groups excluding tert-OH is 4. The molecule has 18 heavy (non-hydrogen) atoms. The monoisotopic (exact) mass is 275 g/mol. The highest BCUT2D eigenvalue weighted by atomic mass is 19.4. The van der Waals surface area contributed by atoms with Gasteiger partial charge in [0.1, 0.15) is 24.4 Å². The highest BCUT2D eigenvalue weighted by molar-refractivity contribution is 5.82. The SMILES string of the molecule is O=C(N[C@@H]1[C@@H](O)[C@H](O)[C@H](CO)O[C@H]1O)C(F)(F)F. The van der Waals surface area contributed by atoms with Gasteiger partial charge < -0.3 is 30.5 Å². The Hall–Kier alpha value is -0.940. The summed E-state index contributed by atoms with van der Waals surface area (Å²) < 4.78 is 40.5. The van der Waals surface area contributed by atoms with E-state index in [0.717, 1.165) is 0 Å². The van der Waals surface area contributed by atoms with Gasteiger partial charge in [-0.2, -0.15) is 13.2 Å². The van der Waals surface area contributed by atoms with Gasteiger partial charge in [-0.05, 0) is 0 Å². The van der Waals surface area contributed by atoms with Crippen molar-refractivity contribution in [1.29, 1.82) is 0 Å². The number of nitrogens with one attached hydrogen (secondary N) is 1. The van der Waals surface area contributed by atoms with E-state index in [4.69, 9.17) is 5.11 Å². The third-order valence-corrected chi connectivity index (χ3v) is 2.46. The molecule has 1 aliphatic rings. The van der Waals surface area contributed by atoms with E-state index < -0.39 is 49.3 Å². The van der Waals surface area contributed by atoms with Crippen LogP contribution in [0.1, 0.15) is 0 Å². The number of alkyl halides is 3. The molecule has 5 atom stereocenters. The van der Waals surface area contributed by atoms with Crippen LogP contribution in [0.3, 0.4) is 0 Å². The Morgan fingerprint density at radius 2 is 1.78 bits per heavy atom. The number of rotatable bonds is 2. The maximum absolute atomic E-state index is 12.0. The zero-order valence-electron chi connectivity index (χ0n) is 8.83. The maximum Gasteiger partial charge on any atom is 0.471 e. The predicted octanol–water partition coefficient (Wildman–Crippen LogP) is -2.54. The summed E-state index contributed by atoms with van der Waals surface area (Å²) in [4.78, 5) is 10.6. The fourth-order valence-corrected chi connectivity index (χ4v) is 1.49. The molecule has 1 aliphatic heterocycles. The Morgan fingerprint density at radius 3 is 2.22 bits per heavy atom. The Morgan fingerprint density at radius 1 is 1.22 bits per heavy atom. The molecule has 10 heteroatoms. The molecular formula is C8H12F3NO6. The minimum atomic E-state index is -5.20. The zero-order valence-corrected chi connectivity index (χ0v) is 8.83. The molecule has 1 heterocycles. The molecule has 0 aromatic rings. The molecule has 106 valence electrons. The van der Waals surface area contributed by atoms with Gasteiger partial charge in [-0.15, -0.1) is 0 Å². The number of hydrogen-bond donors (Lipinski definition) is 5. The van der Waals surface area contributed by atoms with Crippen LogP contribution in [0.15, 0.2) is 0 Å². The van der Waals surface area contributed by atoms with Crippen molar-refractivity contribution in [3.05, 3.63) is 0 Å². The molecule has 0 saturated carbocycles. The van der Waals surface area contributed by atoms with Gasteiger partial charge >= 0.3 is 12.1 Å². The van der Waals surface area contributed by atoms with Crippen molar-refractivity contribution < 1.29 is 43.1 Å². The third kappa shape index (κ3) is 3.09. The van der Waals surface area contributed by atoms with Crippen molar-refractivity contribution in [2.45, 2.75) is 36.8 Å². The molecule has 1 fully saturated rings. The fraction of sp³-hybridized carbons (Fsp3) is 0.875. The van der Waals surface area contributed by atoms with Gasteiger partial charge in [-0.1, -0.05) is 0 Å². The molecule has 0 bridgehead atoms. The summed E-state index contributed by atoms with van der Waals surface area (Å²) in [5.74, 6) is -2.39. The van der Waals surface area contributed by atoms with Gasteiger partial charge in [0.15, 0.2) is 6.29 Å². The largest absolute Gasteiger partial charge is 0.471 e. The van der Waals surface area contributed by atoms with Gasteiger partial charge in [0.05, 0.1) is 6.61 Å². The first-order valence-electron chi connectivity index (χ1n) is 4.86. The maximum atomic E-state index is 12.0. The van der Waals surface area contributed by atoms with Crippen molar-refractivity contribution in [1.82, 2.24) is 5.32 Å². The number of halogens is 3. The van der Waals surface area contributed by atoms with E-state index in [1.807, 2.05) is 0 Å². The van der Waals surface area contributed by atoms with Gasteiger partial charge in [0, 0.05) is 0 Å². The van der Waals surface area contributed by atoms with E-state index >= 15 is 0 Å². The summed E-state index contributed by atoms with van der Waals surface area (Å²) in [6.45, 7) is -0.755. The molecule has 1 amide bonds. The Bertz CT molecular complexity index is 312. The van der Waals surface area contributed by atoms with Crippen LogP contribution >= 0.6 is 0 Å². The molecule has 7 nitrogen and oxygen atoms in total. The number of hydrogen-bond acceptors (Lipinski definition) is 6. The molecule has 0 unspecified atom stereocenters. The van der Waals surface area contributed by atoms with Crippen molar-refractivity contribution in [3.8, 4) is 0 Å². The second-order valence-electron chi connectivity index (χ2n) is 3.73. The van der Waals surface area contributed by atoms with Gasteiger partial charge in [-0.25, -0.2) is 0 Å². The van der Waals surface area contributed by atoms with Crippen LogP contribution in [0, 0.1) is 0 Å². The number of carbonyl (C=O) groups is 1. The lowest BCUT2D eigenvalue weighted by Crippen LogP contribution is -2.65. The first kappa shape index (κ1) is 15.1. The molecule has 5 N–H and O–H groups in total. The molecule has 0 radical (unpaired) electrons. The Labute approximate surface area is 98.8 Å². The highest BCUT2D eigenvalue weighted by Gasteiger charge is 2.48. The lowest BCUT2D eigenvalue weighted by atomic mass is 9.97. The number of aliphatic hydroxyl groups is 4. The Balaban J connectivity index is 2.74. The minimum Gasteiger partial charge on any atom is -0.394 e. The van der Waals surface area contributed by atoms with E-state index in [1.165, 1.54) is 5.32 Å². The number of amides is 1. The summed E-state index contributed by atoms with van der Waals surface area (Å²) in [5.41, 5.74) is 0. The van der Waals surface area contributed by atoms with Gasteiger partial charge in [-0.3, -0.25) is 4.79 Å². The van der Waals surface area contributed by atoms with Crippen molar-refractivity contribution >= 4 is 5.91 Å². The molecule has 1 rings (SSSR count). The van der Waals surface area contributed by atoms with Crippen molar-refractivity contribution in [2.75, 3.05) is 6.61 Å². The second-order valence-corrected chi connectivity index (χ2v) is 3.73. The van der Waals surface area contributed by atoms with E-state index in [1.54, 1.807) is 0 Å². The molecule has 0 aromatic heterocycles. The summed E-state index contributed by atoms with van der Waals surface area (Å²) in [6, 6.07) is -1.85. The average Bonchev–Trinajstić information content (AvgIpc) is 2.27. The minimum absolute atomic E-state index is 0.755. The van der Waals surface area contributed by atoms with Crippen LogP contribution in [0.4, 0.5) is 13.2 Å². The number of ether oxygens (including phenoxy) is 1. The summed E-state index contributed by atoms with van der Waals surface area (Å²) in [7, 11) is 0. The molecule has 0 aliphatic carbocycles. The van der Waals surface area contributed by atoms with Crippen LogP contribution in [0.25, 0.3) is 0 Å². The normalized spacial score (nSPS) is 37.4. The van der Waals surface area contributed by atoms with Crippen LogP contribution < -0.4 is 5.32 Å². The summed E-state index contributed by atoms with van der Waals surface area (Å²) in [6.07, 6.45) is -12.2. The van der Waals surface area contributed by atoms with Crippen molar-refractivity contribution in [3.63, 3.8) is 0 Å². The molecule has 0 aromatic carbocycles. The lowest BCUT2D eigenvalue weighted by Gasteiger charge is -2.40. The third-order valence-electron chi connectivity index (χ3n) is 2.46. The van der Waals surface area contributed by atoms with E-state index in [-0.39, 0.29) is 0 Å². The molecular weight excluding hydrogens is 263 g/mol. The topological polar surface area (TPSA) is 119 Å². The first-order chi connectivity index (χ1) is 8.18. The zero-order chi connectivity index (χ0) is 14.1. The number of carbonyl (C=O) groups excluding carboxylic acids is 1. The standard InChI is InChI=1S/C8H12F3NO6/c9-8(10,11)7(17)12-3-5(15)4(14)2(1-13)18-6(3)16/h2-6,13-16H,1H2,(H,12,17)/t2-,3+,4+,5+,6+/m0/s1. The van der Waals surface area contributed by atoms with Crippen LogP contribution in [0.2, 0.25) is 0 Å². The van der Waals surface area contributed by atoms with E-state index in [2.05, 4.69) is 4.74 Å². The molecule has 1 saturated heterocycles. The van der Waals surface area contributed by atoms with E-state index in [0.29, 0.717) is 0 Å². The highest BCUT2D eigenvalue weighted by Crippen LogP contribution is 2.21. The quantitative estimate of drug-likeness (QED) is 0.379. The predicted molar refractivity (Wildman–Crippen MR) is 48.0 cm³/mol.